The van der Waals surface area contributed by atoms with Crippen LogP contribution in [0.5, 0.6) is 0 Å². The number of aromatic nitrogens is 4. The van der Waals surface area contributed by atoms with E-state index in [2.05, 4.69) is 20.5 Å². The van der Waals surface area contributed by atoms with Crippen LogP contribution in [0.4, 0.5) is 16.2 Å². The van der Waals surface area contributed by atoms with E-state index in [0.29, 0.717) is 5.56 Å². The second kappa shape index (κ2) is 8.74. The lowest BCUT2D eigenvalue weighted by atomic mass is 10.2. The van der Waals surface area contributed by atoms with Gasteiger partial charge in [0.1, 0.15) is 16.5 Å². The fraction of sp³-hybridized carbons (Fsp3) is 0.100. The molecule has 0 unspecified atom stereocenters. The number of allylic oxidation sites excluding steroid dienone is 1. The molecule has 0 spiro atoms. The zero-order chi connectivity index (χ0) is 23.5. The first-order chi connectivity index (χ1) is 15.8. The predicted octanol–water partition coefficient (Wildman–Crippen LogP) is 2.22. The van der Waals surface area contributed by atoms with E-state index < -0.39 is 22.0 Å². The van der Waals surface area contributed by atoms with Crippen LogP contribution in [0, 0.1) is 15.9 Å². The molecule has 0 saturated heterocycles. The molecule has 2 N–H and O–H groups in total. The van der Waals surface area contributed by atoms with Crippen LogP contribution in [0.1, 0.15) is 11.3 Å². The Labute approximate surface area is 183 Å². The summed E-state index contributed by atoms with van der Waals surface area (Å²) in [4.78, 5) is 41.0. The van der Waals surface area contributed by atoms with E-state index in [1.54, 1.807) is 12.1 Å². The molecule has 3 aromatic heterocycles. The number of halogens is 1. The van der Waals surface area contributed by atoms with Crippen molar-refractivity contribution in [1.29, 1.82) is 0 Å². The van der Waals surface area contributed by atoms with Gasteiger partial charge in [0, 0.05) is 13.3 Å². The van der Waals surface area contributed by atoms with Crippen LogP contribution >= 0.6 is 0 Å². The molecule has 0 fully saturated rings. The molecular formula is C20H16FN7O5. The van der Waals surface area contributed by atoms with Gasteiger partial charge in [-0.1, -0.05) is 12.1 Å². The molecule has 0 radical (unpaired) electrons. The Hall–Kier alpha value is -4.81. The minimum Gasteiger partial charge on any atom is -0.401 e. The topological polar surface area (TPSA) is 153 Å². The van der Waals surface area contributed by atoms with Gasteiger partial charge in [-0.05, 0) is 35.9 Å². The van der Waals surface area contributed by atoms with Gasteiger partial charge in [-0.3, -0.25) is 29.0 Å². The summed E-state index contributed by atoms with van der Waals surface area (Å²) < 4.78 is 21.0. The fourth-order valence-corrected chi connectivity index (χ4v) is 3.05. The number of fused-ring (bicyclic) bond motifs is 1. The molecule has 13 heteroatoms. The van der Waals surface area contributed by atoms with Crippen LogP contribution in [-0.2, 0) is 13.6 Å². The highest BCUT2D eigenvalue weighted by Crippen LogP contribution is 2.18. The summed E-state index contributed by atoms with van der Waals surface area (Å²) >= 11 is 0. The molecule has 4 aromatic rings. The van der Waals surface area contributed by atoms with Crippen molar-refractivity contribution >= 4 is 35.3 Å². The minimum absolute atomic E-state index is 0.137. The van der Waals surface area contributed by atoms with Gasteiger partial charge in [0.15, 0.2) is 11.2 Å². The number of hydrazone groups is 1. The van der Waals surface area contributed by atoms with Gasteiger partial charge in [-0.25, -0.2) is 14.6 Å². The molecule has 0 aliphatic carbocycles. The number of aromatic amines is 1. The van der Waals surface area contributed by atoms with Gasteiger partial charge in [-0.2, -0.15) is 10.1 Å². The van der Waals surface area contributed by atoms with Crippen molar-refractivity contribution in [3.05, 3.63) is 90.6 Å². The van der Waals surface area contributed by atoms with Gasteiger partial charge in [0.05, 0.1) is 12.6 Å². The van der Waals surface area contributed by atoms with E-state index in [1.165, 1.54) is 58.8 Å². The lowest BCUT2D eigenvalue weighted by molar-refractivity contribution is -0.402. The van der Waals surface area contributed by atoms with E-state index in [1.807, 2.05) is 0 Å². The molecule has 12 nitrogen and oxygen atoms in total. The first kappa shape index (κ1) is 21.4. The molecule has 0 amide bonds. The van der Waals surface area contributed by atoms with Crippen LogP contribution < -0.4 is 16.7 Å². The summed E-state index contributed by atoms with van der Waals surface area (Å²) in [5.74, 6) is -0.348. The molecule has 0 bridgehead atoms. The van der Waals surface area contributed by atoms with Gasteiger partial charge in [0.2, 0.25) is 5.95 Å². The summed E-state index contributed by atoms with van der Waals surface area (Å²) in [6.07, 6.45) is 4.29. The summed E-state index contributed by atoms with van der Waals surface area (Å²) in [6.45, 7) is 0.155. The third-order valence-electron chi connectivity index (χ3n) is 4.64. The van der Waals surface area contributed by atoms with Crippen molar-refractivity contribution in [3.8, 4) is 0 Å². The van der Waals surface area contributed by atoms with E-state index >= 15 is 0 Å². The summed E-state index contributed by atoms with van der Waals surface area (Å²) in [6, 6.07) is 8.39. The average Bonchev–Trinajstić information content (AvgIpc) is 3.39. The Balaban J connectivity index is 1.64. The third kappa shape index (κ3) is 4.46. The van der Waals surface area contributed by atoms with Crippen molar-refractivity contribution < 1.29 is 13.7 Å². The molecule has 0 aliphatic heterocycles. The Bertz CT molecular complexity index is 1510. The largest absolute Gasteiger partial charge is 0.433 e. The van der Waals surface area contributed by atoms with Crippen LogP contribution in [0.2, 0.25) is 0 Å². The third-order valence-corrected chi connectivity index (χ3v) is 4.64. The zero-order valence-corrected chi connectivity index (χ0v) is 17.1. The molecule has 0 aliphatic rings. The number of rotatable bonds is 7. The Morgan fingerprint density at radius 1 is 1.27 bits per heavy atom. The van der Waals surface area contributed by atoms with Crippen molar-refractivity contribution in [2.45, 2.75) is 6.54 Å². The van der Waals surface area contributed by atoms with Crippen LogP contribution in [0.3, 0.4) is 0 Å². The van der Waals surface area contributed by atoms with Crippen molar-refractivity contribution in [2.24, 2.45) is 12.1 Å². The number of nitro groups is 1. The first-order valence-electron chi connectivity index (χ1n) is 9.47. The lowest BCUT2D eigenvalue weighted by Crippen LogP contribution is -2.29. The van der Waals surface area contributed by atoms with Crippen LogP contribution in [0.15, 0.2) is 61.6 Å². The highest BCUT2D eigenvalue weighted by molar-refractivity contribution is 5.79. The predicted molar refractivity (Wildman–Crippen MR) is 118 cm³/mol. The fourth-order valence-electron chi connectivity index (χ4n) is 3.05. The van der Waals surface area contributed by atoms with E-state index in [9.17, 15) is 24.1 Å². The second-order valence-corrected chi connectivity index (χ2v) is 6.82. The van der Waals surface area contributed by atoms with Gasteiger partial charge >= 0.3 is 11.6 Å². The highest BCUT2D eigenvalue weighted by Gasteiger charge is 2.17. The molecular weight excluding hydrogens is 437 g/mol. The maximum Gasteiger partial charge on any atom is 0.433 e. The number of hydrogen-bond donors (Lipinski definition) is 2. The van der Waals surface area contributed by atoms with Crippen molar-refractivity contribution in [2.75, 3.05) is 5.43 Å². The normalized spacial score (nSPS) is 11.7. The zero-order valence-electron chi connectivity index (χ0n) is 17.1. The number of hydrogen-bond acceptors (Lipinski definition) is 8. The quantitative estimate of drug-likeness (QED) is 0.247. The Morgan fingerprint density at radius 3 is 2.73 bits per heavy atom. The van der Waals surface area contributed by atoms with Crippen molar-refractivity contribution in [3.63, 3.8) is 0 Å². The number of H-pyrrole nitrogens is 1. The van der Waals surface area contributed by atoms with E-state index in [-0.39, 0.29) is 35.3 Å². The maximum absolute atomic E-state index is 13.3. The number of benzene rings is 1. The summed E-state index contributed by atoms with van der Waals surface area (Å²) in [5, 5.41) is 14.7. The SMILES string of the molecule is Cn1c(=O)[nH]c(=O)c2c1nc(NN=CC=Cc1ccc([N+](=O)[O-])o1)n2Cc1ccc(F)cc1. The molecule has 3 heterocycles. The Kier molecular flexibility index (Phi) is 5.67. The average molecular weight is 453 g/mol. The standard InChI is InChI=1S/C20H16FN7O5/c1-26-17-16(18(29)24-20(26)30)27(11-12-4-6-13(21)7-5-12)19(23-17)25-22-10-2-3-14-8-9-15(33-14)28(31)32/h2-10H,11H2,1H3,(H,23,25)(H,24,29,30). The van der Waals surface area contributed by atoms with Gasteiger partial charge in [-0.15, -0.1) is 0 Å². The Morgan fingerprint density at radius 2 is 2.03 bits per heavy atom. The number of nitrogens with zero attached hydrogens (tertiary/aromatic N) is 5. The second-order valence-electron chi connectivity index (χ2n) is 6.82. The number of furan rings is 1. The number of imidazole rings is 1. The van der Waals surface area contributed by atoms with Crippen LogP contribution in [0.25, 0.3) is 17.2 Å². The minimum atomic E-state index is -0.645. The van der Waals surface area contributed by atoms with Gasteiger partial charge < -0.3 is 4.42 Å². The first-order valence-corrected chi connectivity index (χ1v) is 9.47. The number of nitrogens with one attached hydrogen (secondary N) is 2. The highest BCUT2D eigenvalue weighted by atomic mass is 19.1. The van der Waals surface area contributed by atoms with Gasteiger partial charge in [0.25, 0.3) is 5.56 Å². The van der Waals surface area contributed by atoms with E-state index in [4.69, 9.17) is 4.42 Å². The molecule has 0 atom stereocenters. The molecule has 168 valence electrons. The number of anilines is 1. The summed E-state index contributed by atoms with van der Waals surface area (Å²) in [5.41, 5.74) is 2.43. The summed E-state index contributed by atoms with van der Waals surface area (Å²) in [7, 11) is 1.47. The maximum atomic E-state index is 13.3. The molecule has 4 rings (SSSR count). The van der Waals surface area contributed by atoms with Crippen molar-refractivity contribution in [1.82, 2.24) is 19.1 Å². The van der Waals surface area contributed by atoms with Crippen LogP contribution in [-0.4, -0.2) is 30.2 Å². The lowest BCUT2D eigenvalue weighted by Gasteiger charge is -2.08. The molecule has 0 saturated carbocycles. The molecule has 33 heavy (non-hydrogen) atoms. The number of aryl methyl sites for hydroxylation is 1. The molecule has 1 aromatic carbocycles. The smallest absolute Gasteiger partial charge is 0.401 e. The monoisotopic (exact) mass is 453 g/mol. The van der Waals surface area contributed by atoms with E-state index in [0.717, 1.165) is 0 Å².